The number of amides is 1. The van der Waals surface area contributed by atoms with Crippen molar-refractivity contribution in [3.8, 4) is 0 Å². The number of nitrogens with zero attached hydrogens (tertiary/aromatic N) is 3. The number of rotatable bonds is 5. The van der Waals surface area contributed by atoms with Crippen molar-refractivity contribution in [2.24, 2.45) is 0 Å². The molecule has 0 bridgehead atoms. The predicted octanol–water partition coefficient (Wildman–Crippen LogP) is 2.07. The second-order valence-electron chi connectivity index (χ2n) is 4.82. The summed E-state index contributed by atoms with van der Waals surface area (Å²) in [4.78, 5) is 31.3. The molecule has 3 aromatic heterocycles. The highest BCUT2D eigenvalue weighted by atomic mass is 32.1. The molecule has 0 saturated carbocycles. The Hall–Kier alpha value is -2.48. The maximum absolute atomic E-state index is 12.1. The normalized spacial score (nSPS) is 11.0. The number of aryl methyl sites for hydroxylation is 1. The number of nitrogens with one attached hydrogen (secondary N) is 2. The number of H-pyrrole nitrogens is 1. The molecule has 1 amide bonds. The highest BCUT2D eigenvalue weighted by Crippen LogP contribution is 2.13. The molecule has 0 aliphatic rings. The first-order valence-electron chi connectivity index (χ1n) is 7.01. The Morgan fingerprint density at radius 3 is 3.09 bits per heavy atom. The molecule has 3 aromatic rings. The fourth-order valence-corrected chi connectivity index (χ4v) is 2.67. The third kappa shape index (κ3) is 2.91. The van der Waals surface area contributed by atoms with Crippen LogP contribution in [-0.4, -0.2) is 25.5 Å². The van der Waals surface area contributed by atoms with Gasteiger partial charge in [0.25, 0.3) is 11.5 Å². The van der Waals surface area contributed by atoms with Crippen molar-refractivity contribution in [2.45, 2.75) is 26.2 Å². The van der Waals surface area contributed by atoms with Gasteiger partial charge in [-0.1, -0.05) is 19.4 Å². The summed E-state index contributed by atoms with van der Waals surface area (Å²) in [5.74, 6) is 1.02. The fraction of sp³-hybridized carbons (Fsp3) is 0.286. The van der Waals surface area contributed by atoms with Crippen LogP contribution in [0.3, 0.4) is 0 Å². The highest BCUT2D eigenvalue weighted by Gasteiger charge is 2.13. The summed E-state index contributed by atoms with van der Waals surface area (Å²) in [6.07, 6.45) is 2.74. The van der Waals surface area contributed by atoms with E-state index in [0.29, 0.717) is 22.3 Å². The van der Waals surface area contributed by atoms with Gasteiger partial charge >= 0.3 is 0 Å². The lowest BCUT2D eigenvalue weighted by molar-refractivity contribution is 0.103. The fourth-order valence-electron chi connectivity index (χ4n) is 2.05. The van der Waals surface area contributed by atoms with E-state index in [1.807, 2.05) is 5.38 Å². The van der Waals surface area contributed by atoms with Crippen molar-refractivity contribution in [1.82, 2.24) is 19.6 Å². The Bertz CT molecular complexity index is 850. The third-order valence-corrected chi connectivity index (χ3v) is 3.99. The molecule has 3 rings (SSSR count). The van der Waals surface area contributed by atoms with Crippen molar-refractivity contribution in [2.75, 3.05) is 5.32 Å². The number of aromatic nitrogens is 4. The summed E-state index contributed by atoms with van der Waals surface area (Å²) >= 11 is 1.33. The molecule has 0 aliphatic heterocycles. The first-order chi connectivity index (χ1) is 10.7. The van der Waals surface area contributed by atoms with E-state index >= 15 is 0 Å². The van der Waals surface area contributed by atoms with Crippen molar-refractivity contribution in [3.05, 3.63) is 44.6 Å². The zero-order valence-corrected chi connectivity index (χ0v) is 12.8. The zero-order valence-electron chi connectivity index (χ0n) is 12.0. The van der Waals surface area contributed by atoms with Gasteiger partial charge in [0.2, 0.25) is 5.78 Å². The van der Waals surface area contributed by atoms with Gasteiger partial charge in [-0.05, 0) is 17.9 Å². The largest absolute Gasteiger partial charge is 0.306 e. The zero-order chi connectivity index (χ0) is 15.5. The molecule has 0 fully saturated rings. The molecule has 7 nitrogen and oxygen atoms in total. The minimum absolute atomic E-state index is 0.271. The second kappa shape index (κ2) is 6.10. The Balaban J connectivity index is 1.95. The Morgan fingerprint density at radius 1 is 1.50 bits per heavy atom. The van der Waals surface area contributed by atoms with Crippen LogP contribution in [-0.2, 0) is 6.42 Å². The number of fused-ring (bicyclic) bond motifs is 1. The molecular formula is C14H15N5O2S. The summed E-state index contributed by atoms with van der Waals surface area (Å²) in [6, 6.07) is 4.82. The van der Waals surface area contributed by atoms with E-state index in [9.17, 15) is 9.59 Å². The van der Waals surface area contributed by atoms with Crippen LogP contribution >= 0.6 is 11.3 Å². The topological polar surface area (TPSA) is 92.1 Å². The van der Waals surface area contributed by atoms with Gasteiger partial charge in [0, 0.05) is 12.5 Å². The van der Waals surface area contributed by atoms with Crippen LogP contribution in [0.2, 0.25) is 0 Å². The minimum atomic E-state index is -0.330. The Labute approximate surface area is 130 Å². The van der Waals surface area contributed by atoms with Gasteiger partial charge in [0.05, 0.1) is 4.88 Å². The molecule has 3 heterocycles. The smallest absolute Gasteiger partial charge is 0.266 e. The van der Waals surface area contributed by atoms with E-state index in [0.717, 1.165) is 19.3 Å². The van der Waals surface area contributed by atoms with Gasteiger partial charge in [0.15, 0.2) is 5.82 Å². The predicted molar refractivity (Wildman–Crippen MR) is 84.5 cm³/mol. The SMILES string of the molecule is CCCCc1nc2[nH]c(=O)cc(NC(=O)c3cccs3)n2n1. The average Bonchev–Trinajstić information content (AvgIpc) is 3.14. The molecule has 0 aromatic carbocycles. The van der Waals surface area contributed by atoms with Crippen molar-refractivity contribution < 1.29 is 4.79 Å². The van der Waals surface area contributed by atoms with Crippen LogP contribution in [0.4, 0.5) is 5.82 Å². The van der Waals surface area contributed by atoms with E-state index in [2.05, 4.69) is 27.3 Å². The molecule has 8 heteroatoms. The Kier molecular flexibility index (Phi) is 4.01. The maximum atomic E-state index is 12.1. The minimum Gasteiger partial charge on any atom is -0.306 e. The van der Waals surface area contributed by atoms with Crippen LogP contribution in [0.1, 0.15) is 35.3 Å². The number of carbonyl (C=O) groups excluding carboxylic acids is 1. The lowest BCUT2D eigenvalue weighted by Gasteiger charge is -2.04. The molecule has 22 heavy (non-hydrogen) atoms. The third-order valence-electron chi connectivity index (χ3n) is 3.12. The average molecular weight is 317 g/mol. The number of thiophene rings is 1. The van der Waals surface area contributed by atoms with Crippen LogP contribution in [0.5, 0.6) is 0 Å². The van der Waals surface area contributed by atoms with Gasteiger partial charge in [-0.3, -0.25) is 14.6 Å². The standard InChI is InChI=1S/C14H15N5O2S/c1-2-3-6-10-15-14-17-12(20)8-11(19(14)18-10)16-13(21)9-5-4-7-22-9/h4-5,7-8H,2-3,6H2,1H3,(H,16,21)(H,15,17,18,20). The molecular weight excluding hydrogens is 302 g/mol. The summed E-state index contributed by atoms with van der Waals surface area (Å²) < 4.78 is 1.46. The number of anilines is 1. The number of hydrogen-bond acceptors (Lipinski definition) is 5. The van der Waals surface area contributed by atoms with E-state index < -0.39 is 0 Å². The summed E-state index contributed by atoms with van der Waals surface area (Å²) in [7, 11) is 0. The number of unbranched alkanes of at least 4 members (excludes halogenated alkanes) is 1. The Morgan fingerprint density at radius 2 is 2.36 bits per heavy atom. The van der Waals surface area contributed by atoms with E-state index in [-0.39, 0.29) is 11.5 Å². The van der Waals surface area contributed by atoms with Crippen molar-refractivity contribution >= 4 is 28.8 Å². The van der Waals surface area contributed by atoms with Crippen LogP contribution in [0, 0.1) is 0 Å². The maximum Gasteiger partial charge on any atom is 0.266 e. The molecule has 0 atom stereocenters. The molecule has 2 N–H and O–H groups in total. The molecule has 0 saturated heterocycles. The molecule has 0 aliphatic carbocycles. The number of aromatic amines is 1. The quantitative estimate of drug-likeness (QED) is 0.753. The number of hydrogen-bond donors (Lipinski definition) is 2. The monoisotopic (exact) mass is 317 g/mol. The van der Waals surface area contributed by atoms with Gasteiger partial charge in [0.1, 0.15) is 5.82 Å². The summed E-state index contributed by atoms with van der Waals surface area (Å²) in [6.45, 7) is 2.09. The van der Waals surface area contributed by atoms with Crippen LogP contribution in [0.25, 0.3) is 5.78 Å². The first-order valence-corrected chi connectivity index (χ1v) is 7.89. The lowest BCUT2D eigenvalue weighted by Crippen LogP contribution is -2.18. The van der Waals surface area contributed by atoms with Gasteiger partial charge in [-0.2, -0.15) is 9.50 Å². The molecule has 0 radical (unpaired) electrons. The number of carbonyl (C=O) groups is 1. The molecule has 0 spiro atoms. The first kappa shape index (κ1) is 14.5. The van der Waals surface area contributed by atoms with Crippen molar-refractivity contribution in [1.29, 1.82) is 0 Å². The van der Waals surface area contributed by atoms with Gasteiger partial charge in [-0.15, -0.1) is 16.4 Å². The van der Waals surface area contributed by atoms with Gasteiger partial charge < -0.3 is 5.32 Å². The van der Waals surface area contributed by atoms with Gasteiger partial charge in [-0.25, -0.2) is 0 Å². The lowest BCUT2D eigenvalue weighted by atomic mass is 10.2. The highest BCUT2D eigenvalue weighted by molar-refractivity contribution is 7.12. The van der Waals surface area contributed by atoms with Crippen LogP contribution in [0.15, 0.2) is 28.4 Å². The van der Waals surface area contributed by atoms with E-state index in [1.165, 1.54) is 21.9 Å². The van der Waals surface area contributed by atoms with E-state index in [1.54, 1.807) is 12.1 Å². The second-order valence-corrected chi connectivity index (χ2v) is 5.76. The summed E-state index contributed by atoms with van der Waals surface area (Å²) in [5.41, 5.74) is -0.330. The van der Waals surface area contributed by atoms with Crippen LogP contribution < -0.4 is 10.9 Å². The summed E-state index contributed by atoms with van der Waals surface area (Å²) in [5, 5.41) is 8.88. The van der Waals surface area contributed by atoms with E-state index in [4.69, 9.17) is 0 Å². The van der Waals surface area contributed by atoms with Crippen molar-refractivity contribution in [3.63, 3.8) is 0 Å². The molecule has 114 valence electrons. The molecule has 0 unspecified atom stereocenters.